The fraction of sp³-hybridized carbons (Fsp3) is 0.429. The number of aromatic carboxylic acids is 1. The zero-order chi connectivity index (χ0) is 14.3. The van der Waals surface area contributed by atoms with Gasteiger partial charge in [0.05, 0.1) is 5.97 Å². The minimum absolute atomic E-state index is 0. The summed E-state index contributed by atoms with van der Waals surface area (Å²) in [6, 6.07) is 5.71. The van der Waals surface area contributed by atoms with Crippen molar-refractivity contribution in [1.29, 1.82) is 0 Å². The number of amides is 1. The molecule has 1 N–H and O–H groups in total. The second kappa shape index (κ2) is 9.59. The Balaban J connectivity index is 0.00000361. The Kier molecular flexibility index (Phi) is 8.98. The molecule has 6 heteroatoms. The Labute approximate surface area is 131 Å². The van der Waals surface area contributed by atoms with Gasteiger partial charge >= 0.3 is 18.9 Å². The van der Waals surface area contributed by atoms with Crippen molar-refractivity contribution in [2.75, 3.05) is 26.2 Å². The summed E-state index contributed by atoms with van der Waals surface area (Å²) in [5.41, 5.74) is 0.518. The predicted molar refractivity (Wildman–Crippen MR) is 70.9 cm³/mol. The maximum Gasteiger partial charge on any atom is 1.00 e. The van der Waals surface area contributed by atoms with Gasteiger partial charge in [-0.25, -0.2) is 0 Å². The molecule has 0 aliphatic heterocycles. The van der Waals surface area contributed by atoms with E-state index in [2.05, 4.69) is 24.1 Å². The molecule has 104 valence electrons. The molecule has 1 rings (SSSR count). The zero-order valence-corrected chi connectivity index (χ0v) is 12.3. The number of carbonyl (C=O) groups excluding carboxylic acids is 2. The Morgan fingerprint density at radius 3 is 2.05 bits per heavy atom. The molecule has 0 atom stereocenters. The summed E-state index contributed by atoms with van der Waals surface area (Å²) in [4.78, 5) is 24.6. The van der Waals surface area contributed by atoms with Gasteiger partial charge in [0.25, 0.3) is 5.91 Å². The number of likely N-dealkylation sites (N-methyl/N-ethyl adjacent to an activating group) is 1. The largest absolute Gasteiger partial charge is 1.00 e. The van der Waals surface area contributed by atoms with Gasteiger partial charge in [-0.15, -0.1) is 0 Å². The molecule has 20 heavy (non-hydrogen) atoms. The van der Waals surface area contributed by atoms with Crippen molar-refractivity contribution in [1.82, 2.24) is 10.2 Å². The van der Waals surface area contributed by atoms with Crippen LogP contribution in [0.1, 0.15) is 34.6 Å². The summed E-state index contributed by atoms with van der Waals surface area (Å²) in [6.07, 6.45) is 0. The topological polar surface area (TPSA) is 72.5 Å². The van der Waals surface area contributed by atoms with Crippen LogP contribution in [0.4, 0.5) is 0 Å². The van der Waals surface area contributed by atoms with Crippen LogP contribution in [0.25, 0.3) is 0 Å². The summed E-state index contributed by atoms with van der Waals surface area (Å²) in [5.74, 6) is -1.44. The van der Waals surface area contributed by atoms with Gasteiger partial charge in [0, 0.05) is 18.7 Å². The molecular formula is C14H19LiN2O3. The zero-order valence-electron chi connectivity index (χ0n) is 12.3. The van der Waals surface area contributed by atoms with E-state index >= 15 is 0 Å². The maximum absolute atomic E-state index is 11.8. The van der Waals surface area contributed by atoms with Gasteiger partial charge in [0.2, 0.25) is 0 Å². The molecule has 0 unspecified atom stereocenters. The number of hydrogen-bond donors (Lipinski definition) is 1. The van der Waals surface area contributed by atoms with E-state index in [-0.39, 0.29) is 30.3 Å². The molecule has 0 heterocycles. The van der Waals surface area contributed by atoms with Crippen LogP contribution in [0.3, 0.4) is 0 Å². The Bertz CT molecular complexity index is 431. The third-order valence-electron chi connectivity index (χ3n) is 2.99. The second-order valence-electron chi connectivity index (χ2n) is 4.15. The average molecular weight is 270 g/mol. The van der Waals surface area contributed by atoms with Crippen LogP contribution in [-0.4, -0.2) is 43.0 Å². The molecule has 0 radical (unpaired) electrons. The molecule has 0 saturated heterocycles. The molecule has 0 fully saturated rings. The van der Waals surface area contributed by atoms with E-state index in [4.69, 9.17) is 0 Å². The molecule has 0 aromatic heterocycles. The van der Waals surface area contributed by atoms with Crippen molar-refractivity contribution in [3.63, 3.8) is 0 Å². The van der Waals surface area contributed by atoms with Crippen LogP contribution in [0.2, 0.25) is 0 Å². The van der Waals surface area contributed by atoms with Crippen molar-refractivity contribution in [2.45, 2.75) is 13.8 Å². The van der Waals surface area contributed by atoms with E-state index in [1.807, 2.05) is 0 Å². The van der Waals surface area contributed by atoms with Gasteiger partial charge in [-0.2, -0.15) is 0 Å². The van der Waals surface area contributed by atoms with Crippen LogP contribution >= 0.6 is 0 Å². The number of carboxylic acid groups (broad SMARTS) is 1. The maximum atomic E-state index is 11.8. The summed E-state index contributed by atoms with van der Waals surface area (Å²) < 4.78 is 0. The van der Waals surface area contributed by atoms with Crippen LogP contribution in [-0.2, 0) is 0 Å². The van der Waals surface area contributed by atoms with Gasteiger partial charge in [-0.3, -0.25) is 4.79 Å². The van der Waals surface area contributed by atoms with E-state index in [1.165, 1.54) is 24.3 Å². The fourth-order valence-corrected chi connectivity index (χ4v) is 1.73. The standard InChI is InChI=1S/C14H20N2O3.Li/c1-3-16(4-2)10-9-15-13(17)11-5-7-12(8-6-11)14(18)19;/h5-8H,3-4,9-10H2,1-2H3,(H,15,17)(H,18,19);/q;+1/p-1. The van der Waals surface area contributed by atoms with Crippen molar-refractivity contribution in [3.05, 3.63) is 35.4 Å². The quantitative estimate of drug-likeness (QED) is 0.540. The van der Waals surface area contributed by atoms with Crippen molar-refractivity contribution in [2.24, 2.45) is 0 Å². The van der Waals surface area contributed by atoms with E-state index in [0.29, 0.717) is 12.1 Å². The van der Waals surface area contributed by atoms with Gasteiger partial charge < -0.3 is 20.1 Å². The summed E-state index contributed by atoms with van der Waals surface area (Å²) in [7, 11) is 0. The Morgan fingerprint density at radius 1 is 1.10 bits per heavy atom. The van der Waals surface area contributed by atoms with Crippen molar-refractivity contribution in [3.8, 4) is 0 Å². The first-order valence-corrected chi connectivity index (χ1v) is 6.40. The van der Waals surface area contributed by atoms with Crippen molar-refractivity contribution < 1.29 is 33.6 Å². The first-order valence-electron chi connectivity index (χ1n) is 6.40. The number of nitrogens with zero attached hydrogens (tertiary/aromatic N) is 1. The summed E-state index contributed by atoms with van der Waals surface area (Å²) in [6.45, 7) is 7.42. The van der Waals surface area contributed by atoms with Gasteiger partial charge in [-0.1, -0.05) is 26.0 Å². The fourth-order valence-electron chi connectivity index (χ4n) is 1.73. The molecule has 0 spiro atoms. The van der Waals surface area contributed by atoms with Gasteiger partial charge in [0.1, 0.15) is 0 Å². The van der Waals surface area contributed by atoms with Crippen LogP contribution < -0.4 is 29.3 Å². The molecule has 1 aromatic carbocycles. The second-order valence-corrected chi connectivity index (χ2v) is 4.15. The number of carbonyl (C=O) groups is 2. The number of hydrogen-bond acceptors (Lipinski definition) is 4. The molecule has 0 aliphatic rings. The smallest absolute Gasteiger partial charge is 0.545 e. The normalized spacial score (nSPS) is 9.95. The van der Waals surface area contributed by atoms with Crippen molar-refractivity contribution >= 4 is 11.9 Å². The van der Waals surface area contributed by atoms with E-state index in [1.54, 1.807) is 0 Å². The minimum Gasteiger partial charge on any atom is -0.545 e. The monoisotopic (exact) mass is 270 g/mol. The van der Waals surface area contributed by atoms with E-state index in [9.17, 15) is 14.7 Å². The Hall–Kier alpha value is -1.28. The van der Waals surface area contributed by atoms with Crippen LogP contribution in [0.15, 0.2) is 24.3 Å². The predicted octanol–water partition coefficient (Wildman–Crippen LogP) is -2.87. The van der Waals surface area contributed by atoms with Crippen LogP contribution in [0.5, 0.6) is 0 Å². The average Bonchev–Trinajstić information content (AvgIpc) is 2.43. The molecule has 0 saturated carbocycles. The molecule has 0 bridgehead atoms. The number of rotatable bonds is 7. The Morgan fingerprint density at radius 2 is 1.60 bits per heavy atom. The number of nitrogens with one attached hydrogen (secondary N) is 1. The summed E-state index contributed by atoms with van der Waals surface area (Å²) >= 11 is 0. The summed E-state index contributed by atoms with van der Waals surface area (Å²) in [5, 5.41) is 13.4. The van der Waals surface area contributed by atoms with E-state index < -0.39 is 5.97 Å². The first kappa shape index (κ1) is 18.7. The molecule has 5 nitrogen and oxygen atoms in total. The first-order chi connectivity index (χ1) is 9.08. The third kappa shape index (κ3) is 5.79. The third-order valence-corrected chi connectivity index (χ3v) is 2.99. The number of carboxylic acids is 1. The minimum atomic E-state index is -1.24. The molecule has 1 aromatic rings. The SMILES string of the molecule is CCN(CC)CCNC(=O)c1ccc(C(=O)[O-])cc1.[Li+]. The number of benzene rings is 1. The van der Waals surface area contributed by atoms with Crippen LogP contribution in [0, 0.1) is 0 Å². The van der Waals surface area contributed by atoms with Gasteiger partial charge in [0.15, 0.2) is 0 Å². The molecule has 1 amide bonds. The van der Waals surface area contributed by atoms with E-state index in [0.717, 1.165) is 19.6 Å². The molecule has 0 aliphatic carbocycles. The molecular weight excluding hydrogens is 251 g/mol. The van der Waals surface area contributed by atoms with Gasteiger partial charge in [-0.05, 0) is 30.8 Å².